The topological polar surface area (TPSA) is 62.7 Å². The molecule has 1 aromatic heterocycles. The van der Waals surface area contributed by atoms with E-state index in [9.17, 15) is 14.3 Å². The summed E-state index contributed by atoms with van der Waals surface area (Å²) < 4.78 is 17.7. The number of likely N-dealkylation sites (N-methyl/N-ethyl adjacent to an activating group) is 1. The van der Waals surface area contributed by atoms with Crippen molar-refractivity contribution < 1.29 is 19.0 Å². The fraction of sp³-hybridized carbons (Fsp3) is 0.333. The van der Waals surface area contributed by atoms with E-state index < -0.39 is 6.10 Å². The molecule has 0 fully saturated rings. The van der Waals surface area contributed by atoms with E-state index in [1.165, 1.54) is 35.5 Å². The van der Waals surface area contributed by atoms with Gasteiger partial charge < -0.3 is 14.7 Å². The Morgan fingerprint density at radius 3 is 2.77 bits per heavy atom. The molecule has 1 amide bonds. The number of aromatic nitrogens is 1. The molecule has 0 spiro atoms. The van der Waals surface area contributed by atoms with Gasteiger partial charge in [-0.15, -0.1) is 11.3 Å². The Labute approximate surface area is 132 Å². The Kier molecular flexibility index (Phi) is 5.59. The fourth-order valence-corrected chi connectivity index (χ4v) is 2.74. The number of amides is 1. The van der Waals surface area contributed by atoms with Crippen LogP contribution in [0.1, 0.15) is 10.5 Å². The quantitative estimate of drug-likeness (QED) is 0.883. The molecule has 0 radical (unpaired) electrons. The van der Waals surface area contributed by atoms with Crippen LogP contribution in [0.3, 0.4) is 0 Å². The minimum atomic E-state index is -0.742. The molecule has 0 saturated carbocycles. The molecule has 2 rings (SSSR count). The van der Waals surface area contributed by atoms with E-state index in [0.717, 1.165) is 5.56 Å². The van der Waals surface area contributed by atoms with Crippen molar-refractivity contribution in [3.63, 3.8) is 0 Å². The maximum atomic E-state index is 12.9. The molecule has 118 valence electrons. The number of rotatable bonds is 6. The number of methoxy groups -OCH3 is 1. The molecule has 7 heteroatoms. The monoisotopic (exact) mass is 324 g/mol. The summed E-state index contributed by atoms with van der Waals surface area (Å²) in [6.07, 6.45) is -0.742. The van der Waals surface area contributed by atoms with E-state index in [0.29, 0.717) is 10.7 Å². The van der Waals surface area contributed by atoms with Gasteiger partial charge in [-0.3, -0.25) is 4.79 Å². The van der Waals surface area contributed by atoms with E-state index in [-0.39, 0.29) is 24.9 Å². The largest absolute Gasteiger partial charge is 0.389 e. The first-order valence-corrected chi connectivity index (χ1v) is 7.53. The van der Waals surface area contributed by atoms with Crippen LogP contribution in [0.5, 0.6) is 0 Å². The second kappa shape index (κ2) is 7.44. The average molecular weight is 324 g/mol. The van der Waals surface area contributed by atoms with E-state index >= 15 is 0 Å². The van der Waals surface area contributed by atoms with Gasteiger partial charge in [0.2, 0.25) is 0 Å². The van der Waals surface area contributed by atoms with Gasteiger partial charge in [0.05, 0.1) is 12.7 Å². The lowest BCUT2D eigenvalue weighted by Crippen LogP contribution is -2.36. The Hall–Kier alpha value is -1.83. The molecule has 0 bridgehead atoms. The lowest BCUT2D eigenvalue weighted by atomic mass is 10.2. The molecule has 1 N–H and O–H groups in total. The van der Waals surface area contributed by atoms with Crippen LogP contribution < -0.4 is 0 Å². The van der Waals surface area contributed by atoms with E-state index in [1.807, 2.05) is 0 Å². The highest BCUT2D eigenvalue weighted by atomic mass is 32.1. The first-order valence-electron chi connectivity index (χ1n) is 6.65. The van der Waals surface area contributed by atoms with Crippen LogP contribution in [-0.2, 0) is 4.74 Å². The number of hydrogen-bond acceptors (Lipinski definition) is 5. The first kappa shape index (κ1) is 16.5. The van der Waals surface area contributed by atoms with Crippen molar-refractivity contribution in [3.05, 3.63) is 41.2 Å². The van der Waals surface area contributed by atoms with Crippen molar-refractivity contribution in [2.75, 3.05) is 27.3 Å². The van der Waals surface area contributed by atoms with Crippen molar-refractivity contribution in [1.29, 1.82) is 0 Å². The first-order chi connectivity index (χ1) is 10.5. The lowest BCUT2D eigenvalue weighted by molar-refractivity contribution is 0.0378. The second-order valence-electron chi connectivity index (χ2n) is 4.84. The molecule has 1 atom stereocenters. The zero-order chi connectivity index (χ0) is 16.1. The number of hydrogen-bond donors (Lipinski definition) is 1. The summed E-state index contributed by atoms with van der Waals surface area (Å²) in [7, 11) is 3.08. The van der Waals surface area contributed by atoms with Crippen LogP contribution in [0.25, 0.3) is 10.6 Å². The smallest absolute Gasteiger partial charge is 0.273 e. The molecule has 5 nitrogen and oxygen atoms in total. The standard InChI is InChI=1S/C15H17FN2O3S/c1-18(7-12(19)8-21-2)15(20)13-9-22-14(17-13)10-3-5-11(16)6-4-10/h3-6,9,12,19H,7-8H2,1-2H3. The van der Waals surface area contributed by atoms with Gasteiger partial charge in [0.15, 0.2) is 0 Å². The van der Waals surface area contributed by atoms with Gasteiger partial charge in [0.25, 0.3) is 5.91 Å². The molecule has 0 aliphatic rings. The number of nitrogens with zero attached hydrogens (tertiary/aromatic N) is 2. The van der Waals surface area contributed by atoms with Gasteiger partial charge in [-0.1, -0.05) is 0 Å². The number of aliphatic hydroxyl groups excluding tert-OH is 1. The molecular formula is C15H17FN2O3S. The summed E-state index contributed by atoms with van der Waals surface area (Å²) >= 11 is 1.32. The predicted molar refractivity (Wildman–Crippen MR) is 82.4 cm³/mol. The summed E-state index contributed by atoms with van der Waals surface area (Å²) in [6.45, 7) is 0.325. The summed E-state index contributed by atoms with van der Waals surface area (Å²) in [5, 5.41) is 12.0. The number of halogens is 1. The van der Waals surface area contributed by atoms with E-state index in [4.69, 9.17) is 4.74 Å². The maximum Gasteiger partial charge on any atom is 0.273 e. The molecule has 1 unspecified atom stereocenters. The van der Waals surface area contributed by atoms with Crippen molar-refractivity contribution >= 4 is 17.2 Å². The summed E-state index contributed by atoms with van der Waals surface area (Å²) in [4.78, 5) is 17.9. The van der Waals surface area contributed by atoms with E-state index in [2.05, 4.69) is 4.98 Å². The summed E-state index contributed by atoms with van der Waals surface area (Å²) in [5.41, 5.74) is 1.06. The van der Waals surface area contributed by atoms with Gasteiger partial charge in [-0.25, -0.2) is 9.37 Å². The van der Waals surface area contributed by atoms with Crippen molar-refractivity contribution in [1.82, 2.24) is 9.88 Å². The average Bonchev–Trinajstić information content (AvgIpc) is 2.97. The third-order valence-electron chi connectivity index (χ3n) is 3.00. The molecule has 0 aliphatic heterocycles. The normalized spacial score (nSPS) is 12.2. The van der Waals surface area contributed by atoms with Crippen LogP contribution in [0.15, 0.2) is 29.6 Å². The minimum Gasteiger partial charge on any atom is -0.389 e. The highest BCUT2D eigenvalue weighted by Crippen LogP contribution is 2.24. The fourth-order valence-electron chi connectivity index (χ4n) is 1.94. The number of benzene rings is 1. The van der Waals surface area contributed by atoms with Crippen LogP contribution in [-0.4, -0.2) is 54.3 Å². The Morgan fingerprint density at radius 2 is 2.14 bits per heavy atom. The number of aliphatic hydroxyl groups is 1. The minimum absolute atomic E-state index is 0.162. The van der Waals surface area contributed by atoms with Crippen molar-refractivity contribution in [2.24, 2.45) is 0 Å². The number of carbonyl (C=O) groups excluding carboxylic acids is 1. The maximum absolute atomic E-state index is 12.9. The third kappa shape index (κ3) is 4.09. The zero-order valence-corrected chi connectivity index (χ0v) is 13.1. The molecule has 1 aromatic carbocycles. The third-order valence-corrected chi connectivity index (χ3v) is 3.90. The van der Waals surface area contributed by atoms with E-state index in [1.54, 1.807) is 24.6 Å². The number of ether oxygens (including phenoxy) is 1. The van der Waals surface area contributed by atoms with Crippen molar-refractivity contribution in [2.45, 2.75) is 6.10 Å². The Morgan fingerprint density at radius 1 is 1.45 bits per heavy atom. The van der Waals surface area contributed by atoms with Gasteiger partial charge in [-0.05, 0) is 24.3 Å². The van der Waals surface area contributed by atoms with Crippen LogP contribution in [0.2, 0.25) is 0 Å². The zero-order valence-electron chi connectivity index (χ0n) is 12.3. The summed E-state index contributed by atoms with van der Waals surface area (Å²) in [5.74, 6) is -0.594. The molecule has 2 aromatic rings. The van der Waals surface area contributed by atoms with Crippen LogP contribution in [0, 0.1) is 5.82 Å². The van der Waals surface area contributed by atoms with Gasteiger partial charge in [0.1, 0.15) is 16.5 Å². The Balaban J connectivity index is 2.07. The molecule has 22 heavy (non-hydrogen) atoms. The van der Waals surface area contributed by atoms with Gasteiger partial charge in [0, 0.05) is 31.6 Å². The molecule has 1 heterocycles. The molecule has 0 saturated heterocycles. The van der Waals surface area contributed by atoms with Crippen LogP contribution >= 0.6 is 11.3 Å². The highest BCUT2D eigenvalue weighted by molar-refractivity contribution is 7.13. The SMILES string of the molecule is COCC(O)CN(C)C(=O)c1csc(-c2ccc(F)cc2)n1. The second-order valence-corrected chi connectivity index (χ2v) is 5.70. The molecular weight excluding hydrogens is 307 g/mol. The number of thiazole rings is 1. The van der Waals surface area contributed by atoms with Crippen LogP contribution in [0.4, 0.5) is 4.39 Å². The van der Waals surface area contributed by atoms with Gasteiger partial charge in [-0.2, -0.15) is 0 Å². The Bertz CT molecular complexity index is 630. The lowest BCUT2D eigenvalue weighted by Gasteiger charge is -2.19. The van der Waals surface area contributed by atoms with Gasteiger partial charge >= 0.3 is 0 Å². The highest BCUT2D eigenvalue weighted by Gasteiger charge is 2.18. The predicted octanol–water partition coefficient (Wildman–Crippen LogP) is 2.03. The summed E-state index contributed by atoms with van der Waals surface area (Å²) in [6, 6.07) is 5.94. The molecule has 0 aliphatic carbocycles. The van der Waals surface area contributed by atoms with Crippen molar-refractivity contribution in [3.8, 4) is 10.6 Å². The number of carbonyl (C=O) groups is 1.